The zero-order valence-electron chi connectivity index (χ0n) is 18.8. The molecule has 5 rings (SSSR count). The van der Waals surface area contributed by atoms with E-state index in [2.05, 4.69) is 40.3 Å². The maximum Gasteiger partial charge on any atom is 0.159 e. The molecule has 1 atom stereocenters. The van der Waals surface area contributed by atoms with E-state index >= 15 is 0 Å². The van der Waals surface area contributed by atoms with Crippen LogP contribution < -0.4 is 9.47 Å². The van der Waals surface area contributed by atoms with Crippen LogP contribution in [-0.4, -0.2) is 48.2 Å². The van der Waals surface area contributed by atoms with E-state index in [0.717, 1.165) is 62.0 Å². The summed E-state index contributed by atoms with van der Waals surface area (Å²) in [5, 5.41) is 0. The first-order chi connectivity index (χ1) is 15.8. The molecule has 1 unspecified atom stereocenters. The van der Waals surface area contributed by atoms with Crippen LogP contribution in [0.25, 0.3) is 11.4 Å². The lowest BCUT2D eigenvalue weighted by molar-refractivity contribution is 0.135. The predicted molar refractivity (Wildman–Crippen MR) is 126 cm³/mol. The molecule has 3 aromatic rings. The number of fused-ring (bicyclic) bond motifs is 2. The van der Waals surface area contributed by atoms with Crippen molar-refractivity contribution in [1.29, 1.82) is 0 Å². The van der Waals surface area contributed by atoms with Gasteiger partial charge in [0.2, 0.25) is 0 Å². The van der Waals surface area contributed by atoms with Gasteiger partial charge in [-0.1, -0.05) is 30.3 Å². The third-order valence-corrected chi connectivity index (χ3v) is 6.87. The van der Waals surface area contributed by atoms with E-state index < -0.39 is 0 Å². The molecule has 2 aromatic carbocycles. The van der Waals surface area contributed by atoms with Gasteiger partial charge in [0.15, 0.2) is 5.82 Å². The first-order valence-corrected chi connectivity index (χ1v) is 11.7. The summed E-state index contributed by atoms with van der Waals surface area (Å²) in [5.41, 5.74) is 3.91. The van der Waals surface area contributed by atoms with Crippen LogP contribution in [0.5, 0.6) is 11.5 Å². The largest absolute Gasteiger partial charge is 0.497 e. The number of nitrogens with zero attached hydrogens (tertiary/aromatic N) is 3. The second-order valence-electron chi connectivity index (χ2n) is 8.97. The summed E-state index contributed by atoms with van der Waals surface area (Å²) in [6.45, 7) is 4.04. The van der Waals surface area contributed by atoms with Gasteiger partial charge in [-0.25, -0.2) is 9.97 Å². The number of piperidine rings is 1. The maximum absolute atomic E-state index is 5.93. The zero-order chi connectivity index (χ0) is 21.8. The fraction of sp³-hybridized carbons (Fsp3) is 0.407. The van der Waals surface area contributed by atoms with E-state index in [1.54, 1.807) is 7.11 Å². The SMILES string of the molecule is COc1ccc(OCCCN2CCCC3(CCc4cnc(-c5ccccc5)nc43)C2)cc1. The summed E-state index contributed by atoms with van der Waals surface area (Å²) in [6.07, 6.45) is 7.83. The van der Waals surface area contributed by atoms with E-state index in [4.69, 9.17) is 14.5 Å². The minimum atomic E-state index is 0.177. The van der Waals surface area contributed by atoms with Gasteiger partial charge in [0.25, 0.3) is 0 Å². The maximum atomic E-state index is 5.93. The minimum Gasteiger partial charge on any atom is -0.497 e. The molecule has 0 bridgehead atoms. The molecule has 2 aliphatic rings. The molecule has 1 spiro atoms. The van der Waals surface area contributed by atoms with E-state index in [1.807, 2.05) is 30.3 Å². The summed E-state index contributed by atoms with van der Waals surface area (Å²) in [6, 6.07) is 18.1. The Balaban J connectivity index is 1.21. The highest BCUT2D eigenvalue weighted by Gasteiger charge is 2.43. The third-order valence-electron chi connectivity index (χ3n) is 6.87. The number of likely N-dealkylation sites (tertiary alicyclic amines) is 1. The lowest BCUT2D eigenvalue weighted by Crippen LogP contribution is -2.45. The van der Waals surface area contributed by atoms with Crippen molar-refractivity contribution in [2.24, 2.45) is 0 Å². The summed E-state index contributed by atoms with van der Waals surface area (Å²) < 4.78 is 11.1. The molecule has 32 heavy (non-hydrogen) atoms. The molecule has 2 heterocycles. The molecule has 0 radical (unpaired) electrons. The Kier molecular flexibility index (Phi) is 6.08. The highest BCUT2D eigenvalue weighted by molar-refractivity contribution is 5.55. The summed E-state index contributed by atoms with van der Waals surface area (Å²) in [5.74, 6) is 2.61. The number of hydrogen-bond donors (Lipinski definition) is 0. The molecule has 5 heteroatoms. The van der Waals surface area contributed by atoms with E-state index in [-0.39, 0.29) is 5.41 Å². The lowest BCUT2D eigenvalue weighted by Gasteiger charge is -2.40. The standard InChI is InChI=1S/C27H31N3O2/c1-31-23-9-11-24(12-10-23)32-18-6-17-30-16-5-14-27(20-30)15-13-22-19-28-26(29-25(22)27)21-7-3-2-4-8-21/h2-4,7-12,19H,5-6,13-18,20H2,1H3. The first-order valence-electron chi connectivity index (χ1n) is 11.7. The van der Waals surface area contributed by atoms with Crippen LogP contribution in [0.15, 0.2) is 60.8 Å². The Bertz CT molecular complexity index is 1030. The van der Waals surface area contributed by atoms with Crippen LogP contribution in [0, 0.1) is 0 Å². The van der Waals surface area contributed by atoms with Crippen molar-refractivity contribution >= 4 is 0 Å². The van der Waals surface area contributed by atoms with E-state index in [9.17, 15) is 0 Å². The van der Waals surface area contributed by atoms with Crippen LogP contribution in [0.3, 0.4) is 0 Å². The van der Waals surface area contributed by atoms with Crippen LogP contribution in [0.4, 0.5) is 0 Å². The smallest absolute Gasteiger partial charge is 0.159 e. The molecule has 1 fully saturated rings. The van der Waals surface area contributed by atoms with Gasteiger partial charge in [-0.15, -0.1) is 0 Å². The number of aromatic nitrogens is 2. The fourth-order valence-electron chi connectivity index (χ4n) is 5.23. The van der Waals surface area contributed by atoms with Crippen molar-refractivity contribution in [2.75, 3.05) is 33.4 Å². The lowest BCUT2D eigenvalue weighted by atomic mass is 9.77. The fourth-order valence-corrected chi connectivity index (χ4v) is 5.23. The number of hydrogen-bond acceptors (Lipinski definition) is 5. The first kappa shape index (κ1) is 21.0. The highest BCUT2D eigenvalue weighted by atomic mass is 16.5. The second-order valence-corrected chi connectivity index (χ2v) is 8.97. The van der Waals surface area contributed by atoms with Crippen molar-refractivity contribution < 1.29 is 9.47 Å². The Morgan fingerprint density at radius 1 is 1.00 bits per heavy atom. The van der Waals surface area contributed by atoms with Crippen molar-refractivity contribution in [2.45, 2.75) is 37.5 Å². The predicted octanol–water partition coefficient (Wildman–Crippen LogP) is 4.90. The van der Waals surface area contributed by atoms with Crippen LogP contribution in [0.1, 0.15) is 36.9 Å². The van der Waals surface area contributed by atoms with Crippen molar-refractivity contribution in [3.8, 4) is 22.9 Å². The Morgan fingerprint density at radius 3 is 2.62 bits per heavy atom. The number of ether oxygens (including phenoxy) is 2. The monoisotopic (exact) mass is 429 g/mol. The molecular weight excluding hydrogens is 398 g/mol. The molecule has 1 saturated heterocycles. The van der Waals surface area contributed by atoms with Gasteiger partial charge in [0.05, 0.1) is 19.4 Å². The van der Waals surface area contributed by atoms with Gasteiger partial charge in [0.1, 0.15) is 11.5 Å². The topological polar surface area (TPSA) is 47.5 Å². The van der Waals surface area contributed by atoms with Gasteiger partial charge < -0.3 is 14.4 Å². The second kappa shape index (κ2) is 9.29. The summed E-state index contributed by atoms with van der Waals surface area (Å²) in [7, 11) is 1.68. The highest BCUT2D eigenvalue weighted by Crippen LogP contribution is 2.44. The van der Waals surface area contributed by atoms with Gasteiger partial charge in [0, 0.05) is 30.3 Å². The van der Waals surface area contributed by atoms with Crippen molar-refractivity contribution in [3.63, 3.8) is 0 Å². The van der Waals surface area contributed by atoms with Gasteiger partial charge in [-0.2, -0.15) is 0 Å². The molecule has 1 aliphatic carbocycles. The number of aryl methyl sites for hydroxylation is 1. The Hall–Kier alpha value is -2.92. The van der Waals surface area contributed by atoms with Gasteiger partial charge in [-0.05, 0) is 68.5 Å². The van der Waals surface area contributed by atoms with Crippen LogP contribution in [-0.2, 0) is 11.8 Å². The molecule has 1 aliphatic heterocycles. The molecule has 1 aromatic heterocycles. The molecule has 0 saturated carbocycles. The Morgan fingerprint density at radius 2 is 1.81 bits per heavy atom. The van der Waals surface area contributed by atoms with E-state index in [0.29, 0.717) is 0 Å². The zero-order valence-corrected chi connectivity index (χ0v) is 18.8. The summed E-state index contributed by atoms with van der Waals surface area (Å²) in [4.78, 5) is 12.4. The average Bonchev–Trinajstić information content (AvgIpc) is 3.19. The van der Waals surface area contributed by atoms with Crippen molar-refractivity contribution in [1.82, 2.24) is 14.9 Å². The quantitative estimate of drug-likeness (QED) is 0.500. The average molecular weight is 430 g/mol. The van der Waals surface area contributed by atoms with Gasteiger partial charge >= 0.3 is 0 Å². The molecular formula is C27H31N3O2. The molecule has 0 N–H and O–H groups in total. The molecule has 5 nitrogen and oxygen atoms in total. The number of benzene rings is 2. The number of rotatable bonds is 7. The Labute approximate surface area is 190 Å². The number of methoxy groups -OCH3 is 1. The van der Waals surface area contributed by atoms with E-state index in [1.165, 1.54) is 30.5 Å². The normalized spacial score (nSPS) is 20.3. The summed E-state index contributed by atoms with van der Waals surface area (Å²) >= 11 is 0. The minimum absolute atomic E-state index is 0.177. The molecule has 0 amide bonds. The van der Waals surface area contributed by atoms with Crippen LogP contribution in [0.2, 0.25) is 0 Å². The van der Waals surface area contributed by atoms with Crippen LogP contribution >= 0.6 is 0 Å². The van der Waals surface area contributed by atoms with Crippen molar-refractivity contribution in [3.05, 3.63) is 72.1 Å². The molecule has 166 valence electrons. The van der Waals surface area contributed by atoms with Gasteiger partial charge in [-0.3, -0.25) is 0 Å². The third kappa shape index (κ3) is 4.35.